The number of nitrogens with zero attached hydrogens (tertiary/aromatic N) is 1. The van der Waals surface area contributed by atoms with Crippen molar-refractivity contribution in [3.05, 3.63) is 24.0 Å². The Labute approximate surface area is 127 Å². The van der Waals surface area contributed by atoms with Gasteiger partial charge in [-0.25, -0.2) is 17.6 Å². The molecule has 1 atom stereocenters. The van der Waals surface area contributed by atoms with Crippen molar-refractivity contribution in [1.82, 2.24) is 4.31 Å². The van der Waals surface area contributed by atoms with E-state index in [9.17, 15) is 17.6 Å². The number of carboxylic acid groups (broad SMARTS) is 1. The van der Waals surface area contributed by atoms with Crippen LogP contribution in [0.15, 0.2) is 23.1 Å². The molecule has 1 aliphatic rings. The second kappa shape index (κ2) is 6.59. The largest absolute Gasteiger partial charge is 0.494 e. The van der Waals surface area contributed by atoms with E-state index < -0.39 is 34.5 Å². The van der Waals surface area contributed by atoms with Gasteiger partial charge in [-0.1, -0.05) is 0 Å². The Kier molecular flexibility index (Phi) is 4.99. The van der Waals surface area contributed by atoms with E-state index in [0.29, 0.717) is 6.42 Å². The summed E-state index contributed by atoms with van der Waals surface area (Å²) < 4.78 is 49.5. The zero-order chi connectivity index (χ0) is 16.3. The van der Waals surface area contributed by atoms with Crippen LogP contribution in [0.4, 0.5) is 4.39 Å². The second-order valence-electron chi connectivity index (χ2n) is 4.77. The van der Waals surface area contributed by atoms with Gasteiger partial charge in [-0.2, -0.15) is 4.31 Å². The number of halogens is 1. The quantitative estimate of drug-likeness (QED) is 0.824. The van der Waals surface area contributed by atoms with Crippen LogP contribution in [0.2, 0.25) is 0 Å². The minimum Gasteiger partial charge on any atom is -0.494 e. The number of aliphatic carboxylic acids is 1. The van der Waals surface area contributed by atoms with Crippen LogP contribution >= 0.6 is 0 Å². The van der Waals surface area contributed by atoms with Gasteiger partial charge in [0.25, 0.3) is 0 Å². The fourth-order valence-electron chi connectivity index (χ4n) is 2.20. The average Bonchev–Trinajstić information content (AvgIpc) is 2.94. The fourth-order valence-corrected chi connectivity index (χ4v) is 3.70. The van der Waals surface area contributed by atoms with Crippen LogP contribution in [-0.2, 0) is 19.6 Å². The Bertz CT molecular complexity index is 662. The molecule has 0 spiro atoms. The van der Waals surface area contributed by atoms with Crippen molar-refractivity contribution in [2.75, 3.05) is 26.8 Å². The molecule has 1 aromatic carbocycles. The molecular weight excluding hydrogens is 317 g/mol. The van der Waals surface area contributed by atoms with E-state index in [-0.39, 0.29) is 23.7 Å². The van der Waals surface area contributed by atoms with Gasteiger partial charge in [0.05, 0.1) is 18.1 Å². The summed E-state index contributed by atoms with van der Waals surface area (Å²) in [5.74, 6) is -1.91. The van der Waals surface area contributed by atoms with E-state index >= 15 is 0 Å². The summed E-state index contributed by atoms with van der Waals surface area (Å²) in [5.41, 5.74) is 0. The van der Waals surface area contributed by atoms with Gasteiger partial charge in [0.2, 0.25) is 10.0 Å². The lowest BCUT2D eigenvalue weighted by atomic mass is 10.3. The van der Waals surface area contributed by atoms with Gasteiger partial charge in [0.15, 0.2) is 11.6 Å². The molecule has 0 amide bonds. The molecule has 1 N–H and O–H groups in total. The van der Waals surface area contributed by atoms with Gasteiger partial charge in [0.1, 0.15) is 6.61 Å². The van der Waals surface area contributed by atoms with Crippen molar-refractivity contribution in [2.24, 2.45) is 0 Å². The van der Waals surface area contributed by atoms with Crippen molar-refractivity contribution in [2.45, 2.75) is 17.4 Å². The summed E-state index contributed by atoms with van der Waals surface area (Å²) in [5, 5.41) is 8.55. The number of hydrogen-bond donors (Lipinski definition) is 1. The number of rotatable bonds is 6. The Morgan fingerprint density at radius 2 is 2.23 bits per heavy atom. The number of carboxylic acids is 1. The first kappa shape index (κ1) is 16.7. The minimum absolute atomic E-state index is 0.0389. The summed E-state index contributed by atoms with van der Waals surface area (Å²) in [6.45, 7) is -0.237. The Morgan fingerprint density at radius 1 is 1.50 bits per heavy atom. The van der Waals surface area contributed by atoms with Crippen molar-refractivity contribution < 1.29 is 32.2 Å². The first-order chi connectivity index (χ1) is 10.3. The second-order valence-corrected chi connectivity index (χ2v) is 6.71. The van der Waals surface area contributed by atoms with Gasteiger partial charge in [-0.3, -0.25) is 0 Å². The molecule has 1 fully saturated rings. The number of methoxy groups -OCH3 is 1. The smallest absolute Gasteiger partial charge is 0.329 e. The monoisotopic (exact) mass is 333 g/mol. The summed E-state index contributed by atoms with van der Waals surface area (Å²) in [6.07, 6.45) is -0.0838. The van der Waals surface area contributed by atoms with E-state index in [0.717, 1.165) is 10.4 Å². The first-order valence-corrected chi connectivity index (χ1v) is 7.95. The lowest BCUT2D eigenvalue weighted by molar-refractivity contribution is -0.144. The molecule has 22 heavy (non-hydrogen) atoms. The molecule has 9 heteroatoms. The molecule has 1 aromatic rings. The third-order valence-electron chi connectivity index (χ3n) is 3.31. The molecule has 0 unspecified atom stereocenters. The third kappa shape index (κ3) is 3.54. The number of hydrogen-bond acceptors (Lipinski definition) is 5. The summed E-state index contributed by atoms with van der Waals surface area (Å²) >= 11 is 0. The molecular formula is C13H16FNO6S. The van der Waals surface area contributed by atoms with Crippen LogP contribution in [0.5, 0.6) is 5.75 Å². The van der Waals surface area contributed by atoms with Crippen molar-refractivity contribution in [1.29, 1.82) is 0 Å². The molecule has 0 saturated carbocycles. The van der Waals surface area contributed by atoms with Crippen LogP contribution in [0.1, 0.15) is 6.42 Å². The molecule has 0 aliphatic carbocycles. The van der Waals surface area contributed by atoms with Crippen molar-refractivity contribution in [3.63, 3.8) is 0 Å². The van der Waals surface area contributed by atoms with E-state index in [1.54, 1.807) is 0 Å². The molecule has 0 aromatic heterocycles. The van der Waals surface area contributed by atoms with Crippen LogP contribution in [-0.4, -0.2) is 56.7 Å². The van der Waals surface area contributed by atoms with Crippen LogP contribution < -0.4 is 4.74 Å². The van der Waals surface area contributed by atoms with E-state index in [4.69, 9.17) is 14.6 Å². The highest BCUT2D eigenvalue weighted by Gasteiger charge is 2.33. The predicted molar refractivity (Wildman–Crippen MR) is 73.7 cm³/mol. The Balaban J connectivity index is 2.11. The predicted octanol–water partition coefficient (Wildman–Crippen LogP) is 0.698. The average molecular weight is 333 g/mol. The van der Waals surface area contributed by atoms with Gasteiger partial charge in [-0.15, -0.1) is 0 Å². The third-order valence-corrected chi connectivity index (χ3v) is 5.17. The van der Waals surface area contributed by atoms with Crippen LogP contribution in [0.3, 0.4) is 0 Å². The Hall–Kier alpha value is -1.71. The molecule has 7 nitrogen and oxygen atoms in total. The summed E-state index contributed by atoms with van der Waals surface area (Å²) in [4.78, 5) is 10.3. The molecule has 1 heterocycles. The van der Waals surface area contributed by atoms with E-state index in [2.05, 4.69) is 0 Å². The normalized spacial score (nSPS) is 19.3. The number of benzene rings is 1. The molecule has 1 aliphatic heterocycles. The number of sulfonamides is 1. The number of carbonyl (C=O) groups is 1. The lowest BCUT2D eigenvalue weighted by Crippen LogP contribution is -2.30. The fraction of sp³-hybridized carbons (Fsp3) is 0.462. The topological polar surface area (TPSA) is 93.1 Å². The standard InChI is InChI=1S/C13H16FNO6S/c1-20-12-3-2-10(6-11(12)14)22(18,19)15-5-4-9(7-15)21-8-13(16)17/h2-3,6,9H,4-5,7-8H2,1H3,(H,16,17)/t9-/m1/s1. The maximum absolute atomic E-state index is 13.7. The zero-order valence-corrected chi connectivity index (χ0v) is 12.7. The van der Waals surface area contributed by atoms with E-state index in [1.807, 2.05) is 0 Å². The maximum atomic E-state index is 13.7. The SMILES string of the molecule is COc1ccc(S(=O)(=O)N2CC[C@@H](OCC(=O)O)C2)cc1F. The molecule has 0 radical (unpaired) electrons. The van der Waals surface area contributed by atoms with Gasteiger partial charge in [0, 0.05) is 13.1 Å². The molecule has 1 saturated heterocycles. The molecule has 2 rings (SSSR count). The lowest BCUT2D eigenvalue weighted by Gasteiger charge is -2.17. The maximum Gasteiger partial charge on any atom is 0.329 e. The van der Waals surface area contributed by atoms with Crippen molar-refractivity contribution >= 4 is 16.0 Å². The Morgan fingerprint density at radius 3 is 2.82 bits per heavy atom. The van der Waals surface area contributed by atoms with E-state index in [1.165, 1.54) is 19.2 Å². The highest BCUT2D eigenvalue weighted by Crippen LogP contribution is 2.26. The van der Waals surface area contributed by atoms with Crippen LogP contribution in [0, 0.1) is 5.82 Å². The van der Waals surface area contributed by atoms with Crippen LogP contribution in [0.25, 0.3) is 0 Å². The molecule has 122 valence electrons. The summed E-state index contributed by atoms with van der Waals surface area (Å²) in [7, 11) is -2.56. The first-order valence-electron chi connectivity index (χ1n) is 6.51. The summed E-state index contributed by atoms with van der Waals surface area (Å²) in [6, 6.07) is 3.42. The van der Waals surface area contributed by atoms with Gasteiger partial charge >= 0.3 is 5.97 Å². The molecule has 0 bridgehead atoms. The van der Waals surface area contributed by atoms with Gasteiger partial charge < -0.3 is 14.6 Å². The highest BCUT2D eigenvalue weighted by atomic mass is 32.2. The zero-order valence-electron chi connectivity index (χ0n) is 11.9. The number of ether oxygens (including phenoxy) is 2. The minimum atomic E-state index is -3.85. The van der Waals surface area contributed by atoms with Crippen molar-refractivity contribution in [3.8, 4) is 5.75 Å². The highest BCUT2D eigenvalue weighted by molar-refractivity contribution is 7.89. The van der Waals surface area contributed by atoms with Gasteiger partial charge in [-0.05, 0) is 24.6 Å².